The molecule has 1 fully saturated rings. The van der Waals surface area contributed by atoms with Gasteiger partial charge in [0.25, 0.3) is 5.91 Å². The van der Waals surface area contributed by atoms with Crippen LogP contribution in [0, 0.1) is 5.92 Å². The first-order valence-corrected chi connectivity index (χ1v) is 13.6. The summed E-state index contributed by atoms with van der Waals surface area (Å²) >= 11 is 0. The van der Waals surface area contributed by atoms with Gasteiger partial charge in [0.05, 0.1) is 18.1 Å². The Balaban J connectivity index is 1.17. The van der Waals surface area contributed by atoms with Crippen LogP contribution in [0.25, 0.3) is 0 Å². The van der Waals surface area contributed by atoms with Crippen molar-refractivity contribution >= 4 is 15.9 Å². The van der Waals surface area contributed by atoms with E-state index in [1.54, 1.807) is 12.1 Å². The molecule has 7 heteroatoms. The van der Waals surface area contributed by atoms with Gasteiger partial charge in [-0.3, -0.25) is 4.79 Å². The Morgan fingerprint density at radius 3 is 2.03 bits per heavy atom. The summed E-state index contributed by atoms with van der Waals surface area (Å²) in [6, 6.07) is 23.6. The number of nitrogens with one attached hydrogen (secondary N) is 1. The molecule has 3 aliphatic carbocycles. The zero-order chi connectivity index (χ0) is 24.0. The number of amides is 1. The van der Waals surface area contributed by atoms with Gasteiger partial charge >= 0.3 is 0 Å². The molecule has 4 aliphatic rings. The first-order chi connectivity index (χ1) is 17.0. The maximum atomic E-state index is 13.0. The molecule has 6 nitrogen and oxygen atoms in total. The highest BCUT2D eigenvalue weighted by atomic mass is 32.2. The van der Waals surface area contributed by atoms with Gasteiger partial charge in [-0.2, -0.15) is 4.31 Å². The molecule has 0 saturated carbocycles. The van der Waals surface area contributed by atoms with E-state index in [1.165, 1.54) is 38.7 Å². The summed E-state index contributed by atoms with van der Waals surface area (Å²) in [7, 11) is -3.57. The Labute approximate surface area is 206 Å². The molecule has 0 radical (unpaired) electrons. The van der Waals surface area contributed by atoms with Crippen molar-refractivity contribution in [3.05, 3.63) is 101 Å². The molecule has 0 aromatic heterocycles. The predicted molar refractivity (Wildman–Crippen MR) is 133 cm³/mol. The van der Waals surface area contributed by atoms with Crippen molar-refractivity contribution in [1.29, 1.82) is 0 Å². The normalized spacial score (nSPS) is 23.4. The maximum Gasteiger partial charge on any atom is 0.251 e. The lowest BCUT2D eigenvalue weighted by Gasteiger charge is -2.45. The second-order valence-electron chi connectivity index (χ2n) is 9.53. The Kier molecular flexibility index (Phi) is 5.71. The average Bonchev–Trinajstić information content (AvgIpc) is 2.92. The van der Waals surface area contributed by atoms with Crippen LogP contribution in [-0.2, 0) is 14.8 Å². The van der Waals surface area contributed by atoms with E-state index in [1.807, 2.05) is 0 Å². The fourth-order valence-electron chi connectivity index (χ4n) is 6.00. The first kappa shape index (κ1) is 22.5. The van der Waals surface area contributed by atoms with Crippen LogP contribution in [0.3, 0.4) is 0 Å². The number of rotatable bonds is 5. The van der Waals surface area contributed by atoms with Crippen LogP contribution in [0.4, 0.5) is 0 Å². The minimum atomic E-state index is -3.57. The summed E-state index contributed by atoms with van der Waals surface area (Å²) in [6.07, 6.45) is 1.01. The van der Waals surface area contributed by atoms with E-state index in [0.29, 0.717) is 50.2 Å². The summed E-state index contributed by atoms with van der Waals surface area (Å²) in [5.41, 5.74) is 6.04. The van der Waals surface area contributed by atoms with Gasteiger partial charge in [-0.05, 0) is 58.9 Å². The second kappa shape index (κ2) is 8.90. The van der Waals surface area contributed by atoms with Crippen LogP contribution in [0.15, 0.2) is 77.7 Å². The largest absolute Gasteiger partial charge is 0.379 e. The van der Waals surface area contributed by atoms with Crippen molar-refractivity contribution in [2.24, 2.45) is 5.92 Å². The van der Waals surface area contributed by atoms with Gasteiger partial charge in [-0.1, -0.05) is 48.5 Å². The van der Waals surface area contributed by atoms with Crippen LogP contribution in [0.2, 0.25) is 0 Å². The van der Waals surface area contributed by atoms with Gasteiger partial charge in [0.1, 0.15) is 0 Å². The molecule has 1 saturated heterocycles. The predicted octanol–water partition coefficient (Wildman–Crippen LogP) is 3.73. The van der Waals surface area contributed by atoms with E-state index < -0.39 is 10.0 Å². The highest BCUT2D eigenvalue weighted by Gasteiger charge is 2.42. The van der Waals surface area contributed by atoms with Gasteiger partial charge < -0.3 is 10.1 Å². The Hall–Kier alpha value is -3.00. The molecule has 1 N–H and O–H groups in total. The molecule has 2 bridgehead atoms. The molecular weight excluding hydrogens is 460 g/mol. The molecule has 7 rings (SSSR count). The van der Waals surface area contributed by atoms with Crippen LogP contribution >= 0.6 is 0 Å². The molecule has 0 spiro atoms. The molecule has 1 atom stereocenters. The highest BCUT2D eigenvalue weighted by Crippen LogP contribution is 2.55. The lowest BCUT2D eigenvalue weighted by atomic mass is 9.59. The van der Waals surface area contributed by atoms with Gasteiger partial charge in [-0.15, -0.1) is 0 Å². The number of sulfonamides is 1. The van der Waals surface area contributed by atoms with Crippen molar-refractivity contribution in [3.63, 3.8) is 0 Å². The van der Waals surface area contributed by atoms with Crippen molar-refractivity contribution in [3.8, 4) is 0 Å². The molecule has 1 amide bonds. The third-order valence-electron chi connectivity index (χ3n) is 7.67. The number of carbonyl (C=O) groups excluding carboxylic acids is 1. The maximum absolute atomic E-state index is 13.0. The van der Waals surface area contributed by atoms with Gasteiger partial charge in [0.2, 0.25) is 10.0 Å². The van der Waals surface area contributed by atoms with Gasteiger partial charge in [-0.25, -0.2) is 8.42 Å². The lowest BCUT2D eigenvalue weighted by molar-refractivity contribution is 0.0730. The zero-order valence-corrected chi connectivity index (χ0v) is 20.2. The van der Waals surface area contributed by atoms with Crippen LogP contribution in [-0.4, -0.2) is 51.5 Å². The van der Waals surface area contributed by atoms with E-state index in [9.17, 15) is 13.2 Å². The number of fused-ring (bicyclic) bond motifs is 1. The molecule has 3 aromatic carbocycles. The smallest absolute Gasteiger partial charge is 0.251 e. The molecule has 35 heavy (non-hydrogen) atoms. The summed E-state index contributed by atoms with van der Waals surface area (Å²) in [6.45, 7) is 2.08. The molecule has 1 unspecified atom stereocenters. The molecule has 1 aliphatic heterocycles. The average molecular weight is 489 g/mol. The molecule has 180 valence electrons. The van der Waals surface area contributed by atoms with Crippen molar-refractivity contribution in [2.75, 3.05) is 32.8 Å². The molecular formula is C28H28N2O4S. The van der Waals surface area contributed by atoms with E-state index in [-0.39, 0.29) is 16.7 Å². The van der Waals surface area contributed by atoms with Crippen molar-refractivity contribution in [2.45, 2.75) is 23.2 Å². The van der Waals surface area contributed by atoms with E-state index in [0.717, 1.165) is 6.42 Å². The zero-order valence-electron chi connectivity index (χ0n) is 19.4. The summed E-state index contributed by atoms with van der Waals surface area (Å²) in [4.78, 5) is 13.2. The summed E-state index contributed by atoms with van der Waals surface area (Å²) < 4.78 is 32.4. The minimum absolute atomic E-state index is 0.177. The quantitative estimate of drug-likeness (QED) is 0.594. The number of morpholine rings is 1. The summed E-state index contributed by atoms with van der Waals surface area (Å²) in [5, 5.41) is 3.12. The standard InChI is InChI=1S/C28H28N2O4S/c31-28(19-9-11-21(12-10-19)35(32,33)30-13-15-34-16-14-30)29-18-20-17-26-22-5-1-3-7-24(22)27(20)25-8-4-2-6-23(25)26/h1-12,20,26-27H,13-18H2,(H,29,31). The van der Waals surface area contributed by atoms with Crippen LogP contribution < -0.4 is 5.32 Å². The minimum Gasteiger partial charge on any atom is -0.379 e. The number of hydrogen-bond acceptors (Lipinski definition) is 4. The highest BCUT2D eigenvalue weighted by molar-refractivity contribution is 7.89. The Morgan fingerprint density at radius 2 is 1.43 bits per heavy atom. The fraction of sp³-hybridized carbons (Fsp3) is 0.321. The first-order valence-electron chi connectivity index (χ1n) is 12.2. The summed E-state index contributed by atoms with van der Waals surface area (Å²) in [5.74, 6) is 0.769. The van der Waals surface area contributed by atoms with Crippen molar-refractivity contribution in [1.82, 2.24) is 9.62 Å². The van der Waals surface area contributed by atoms with Crippen LogP contribution in [0.5, 0.6) is 0 Å². The lowest BCUT2D eigenvalue weighted by Crippen LogP contribution is -2.40. The van der Waals surface area contributed by atoms with Gasteiger partial charge in [0, 0.05) is 37.0 Å². The third-order valence-corrected chi connectivity index (χ3v) is 9.58. The number of hydrogen-bond donors (Lipinski definition) is 1. The van der Waals surface area contributed by atoms with Crippen LogP contribution in [0.1, 0.15) is 50.9 Å². The topological polar surface area (TPSA) is 75.7 Å². The molecule has 1 heterocycles. The monoisotopic (exact) mass is 488 g/mol. The SMILES string of the molecule is O=C(NCC1CC2c3ccccc3C1c1ccccc12)c1ccc(S(=O)(=O)N2CCOCC2)cc1. The van der Waals surface area contributed by atoms with Gasteiger partial charge in [0.15, 0.2) is 0 Å². The van der Waals surface area contributed by atoms with E-state index in [4.69, 9.17) is 4.74 Å². The Bertz CT molecular complexity index is 1320. The number of nitrogens with zero attached hydrogens (tertiary/aromatic N) is 1. The van der Waals surface area contributed by atoms with Crippen molar-refractivity contribution < 1.29 is 17.9 Å². The fourth-order valence-corrected chi connectivity index (χ4v) is 7.41. The number of carbonyl (C=O) groups is 1. The Morgan fingerprint density at radius 1 is 0.857 bits per heavy atom. The molecule has 3 aromatic rings. The third kappa shape index (κ3) is 3.88. The second-order valence-corrected chi connectivity index (χ2v) is 11.5. The number of ether oxygens (including phenoxy) is 1. The van der Waals surface area contributed by atoms with E-state index in [2.05, 4.69) is 53.8 Å². The number of benzene rings is 3. The van der Waals surface area contributed by atoms with E-state index >= 15 is 0 Å².